The van der Waals surface area contributed by atoms with Crippen LogP contribution in [-0.4, -0.2) is 7.11 Å². The summed E-state index contributed by atoms with van der Waals surface area (Å²) < 4.78 is 5.15. The van der Waals surface area contributed by atoms with Crippen LogP contribution in [0.25, 0.3) is 0 Å². The van der Waals surface area contributed by atoms with Crippen LogP contribution in [0, 0.1) is 11.3 Å². The van der Waals surface area contributed by atoms with Crippen LogP contribution >= 0.6 is 11.6 Å². The third-order valence-corrected chi connectivity index (χ3v) is 2.97. The van der Waals surface area contributed by atoms with Gasteiger partial charge in [0.2, 0.25) is 0 Å². The van der Waals surface area contributed by atoms with Gasteiger partial charge in [0.25, 0.3) is 0 Å². The van der Waals surface area contributed by atoms with Gasteiger partial charge in [0.1, 0.15) is 5.75 Å². The van der Waals surface area contributed by atoms with Crippen LogP contribution < -0.4 is 15.8 Å². The van der Waals surface area contributed by atoms with E-state index in [4.69, 9.17) is 27.3 Å². The van der Waals surface area contributed by atoms with Crippen LogP contribution in [0.4, 0.5) is 17.1 Å². The normalized spacial score (nSPS) is 9.74. The fraction of sp³-hybridized carbons (Fsp3) is 0.0714. The van der Waals surface area contributed by atoms with Crippen molar-refractivity contribution in [2.45, 2.75) is 0 Å². The Morgan fingerprint density at radius 2 is 2.05 bits per heavy atom. The Labute approximate surface area is 116 Å². The summed E-state index contributed by atoms with van der Waals surface area (Å²) in [6, 6.07) is 12.5. The molecule has 0 unspecified atom stereocenters. The molecule has 0 heterocycles. The molecule has 0 amide bonds. The van der Waals surface area contributed by atoms with E-state index in [-0.39, 0.29) is 0 Å². The van der Waals surface area contributed by atoms with E-state index in [9.17, 15) is 0 Å². The van der Waals surface area contributed by atoms with Gasteiger partial charge in [0, 0.05) is 0 Å². The molecule has 0 aliphatic heterocycles. The van der Waals surface area contributed by atoms with Gasteiger partial charge in [-0.2, -0.15) is 5.26 Å². The number of para-hydroxylation sites is 1. The smallest absolute Gasteiger partial charge is 0.143 e. The number of ether oxygens (including phenoxy) is 1. The van der Waals surface area contributed by atoms with E-state index in [2.05, 4.69) is 5.32 Å². The number of nitriles is 1. The van der Waals surface area contributed by atoms with E-state index in [1.165, 1.54) is 0 Å². The Kier molecular flexibility index (Phi) is 3.79. The van der Waals surface area contributed by atoms with Crippen molar-refractivity contribution in [3.05, 3.63) is 47.0 Å². The second kappa shape index (κ2) is 5.51. The van der Waals surface area contributed by atoms with Crippen molar-refractivity contribution in [2.75, 3.05) is 18.2 Å². The Balaban J connectivity index is 2.34. The highest BCUT2D eigenvalue weighted by Crippen LogP contribution is 2.33. The first-order valence-corrected chi connectivity index (χ1v) is 5.92. The van der Waals surface area contributed by atoms with Gasteiger partial charge < -0.3 is 15.8 Å². The van der Waals surface area contributed by atoms with Gasteiger partial charge in [0.15, 0.2) is 0 Å². The number of anilines is 3. The van der Waals surface area contributed by atoms with E-state index >= 15 is 0 Å². The zero-order chi connectivity index (χ0) is 13.8. The molecule has 0 radical (unpaired) electrons. The molecule has 3 N–H and O–H groups in total. The first-order valence-electron chi connectivity index (χ1n) is 5.55. The number of methoxy groups -OCH3 is 1. The fourth-order valence-electron chi connectivity index (χ4n) is 1.66. The van der Waals surface area contributed by atoms with Crippen molar-refractivity contribution in [2.24, 2.45) is 0 Å². The monoisotopic (exact) mass is 273 g/mol. The summed E-state index contributed by atoms with van der Waals surface area (Å²) in [7, 11) is 1.56. The summed E-state index contributed by atoms with van der Waals surface area (Å²) in [5.74, 6) is 0.592. The van der Waals surface area contributed by atoms with Crippen LogP contribution in [0.5, 0.6) is 5.75 Å². The Hall–Kier alpha value is -2.38. The molecule has 0 atom stereocenters. The van der Waals surface area contributed by atoms with Gasteiger partial charge in [-0.05, 0) is 30.3 Å². The molecule has 96 valence electrons. The topological polar surface area (TPSA) is 71.1 Å². The van der Waals surface area contributed by atoms with E-state index in [1.807, 2.05) is 18.2 Å². The predicted octanol–water partition coefficient (Wildman–Crippen LogP) is 3.55. The maximum absolute atomic E-state index is 8.79. The molecular weight excluding hydrogens is 262 g/mol. The quantitative estimate of drug-likeness (QED) is 0.839. The van der Waals surface area contributed by atoms with E-state index in [1.54, 1.807) is 31.4 Å². The summed E-state index contributed by atoms with van der Waals surface area (Å²) in [5, 5.41) is 12.4. The van der Waals surface area contributed by atoms with Crippen molar-refractivity contribution < 1.29 is 4.74 Å². The molecule has 2 rings (SSSR count). The minimum Gasteiger partial charge on any atom is -0.495 e. The summed E-state index contributed by atoms with van der Waals surface area (Å²) in [4.78, 5) is 0. The SMILES string of the molecule is COc1cccc(Nc2ccc(C#N)cc2Cl)c1N. The maximum Gasteiger partial charge on any atom is 0.143 e. The molecule has 19 heavy (non-hydrogen) atoms. The zero-order valence-corrected chi connectivity index (χ0v) is 11.0. The third kappa shape index (κ3) is 2.72. The average molecular weight is 274 g/mol. The van der Waals surface area contributed by atoms with E-state index in [0.717, 1.165) is 0 Å². The summed E-state index contributed by atoms with van der Waals surface area (Å²) in [5.41, 5.74) is 8.36. The maximum atomic E-state index is 8.79. The molecule has 0 fully saturated rings. The first kappa shape index (κ1) is 13.1. The second-order valence-electron chi connectivity index (χ2n) is 3.85. The van der Waals surface area contributed by atoms with Crippen LogP contribution in [-0.2, 0) is 0 Å². The molecule has 0 aromatic heterocycles. The van der Waals surface area contributed by atoms with Crippen LogP contribution in [0.15, 0.2) is 36.4 Å². The summed E-state index contributed by atoms with van der Waals surface area (Å²) in [6.45, 7) is 0. The van der Waals surface area contributed by atoms with Gasteiger partial charge in [-0.3, -0.25) is 0 Å². The minimum absolute atomic E-state index is 0.460. The molecule has 0 aliphatic carbocycles. The van der Waals surface area contributed by atoms with Gasteiger partial charge in [0.05, 0.1) is 40.8 Å². The number of halogens is 1. The number of nitrogens with zero attached hydrogens (tertiary/aromatic N) is 1. The predicted molar refractivity (Wildman–Crippen MR) is 76.9 cm³/mol. The van der Waals surface area contributed by atoms with Crippen LogP contribution in [0.2, 0.25) is 5.02 Å². The minimum atomic E-state index is 0.460. The van der Waals surface area contributed by atoms with Crippen molar-refractivity contribution in [3.8, 4) is 11.8 Å². The van der Waals surface area contributed by atoms with E-state index < -0.39 is 0 Å². The van der Waals surface area contributed by atoms with Crippen molar-refractivity contribution in [3.63, 3.8) is 0 Å². The lowest BCUT2D eigenvalue weighted by atomic mass is 10.2. The molecule has 2 aromatic carbocycles. The van der Waals surface area contributed by atoms with E-state index in [0.29, 0.717) is 33.4 Å². The van der Waals surface area contributed by atoms with Crippen molar-refractivity contribution >= 4 is 28.7 Å². The highest BCUT2D eigenvalue weighted by Gasteiger charge is 2.07. The zero-order valence-electron chi connectivity index (χ0n) is 10.3. The molecule has 5 heteroatoms. The number of hydrogen-bond acceptors (Lipinski definition) is 4. The Morgan fingerprint density at radius 1 is 1.26 bits per heavy atom. The molecule has 2 aromatic rings. The molecule has 0 spiro atoms. The molecule has 0 saturated carbocycles. The first-order chi connectivity index (χ1) is 9.15. The second-order valence-corrected chi connectivity index (χ2v) is 4.26. The lowest BCUT2D eigenvalue weighted by Gasteiger charge is -2.13. The molecule has 0 aliphatic rings. The summed E-state index contributed by atoms with van der Waals surface area (Å²) >= 11 is 6.10. The number of nitrogens with two attached hydrogens (primary N) is 1. The Morgan fingerprint density at radius 3 is 2.68 bits per heavy atom. The number of hydrogen-bond donors (Lipinski definition) is 2. The molecule has 0 saturated heterocycles. The molecular formula is C14H12ClN3O. The third-order valence-electron chi connectivity index (χ3n) is 2.65. The number of nitrogens with one attached hydrogen (secondary N) is 1. The summed E-state index contributed by atoms with van der Waals surface area (Å²) in [6.07, 6.45) is 0. The van der Waals surface area contributed by atoms with Gasteiger partial charge in [-0.15, -0.1) is 0 Å². The van der Waals surface area contributed by atoms with Gasteiger partial charge in [-0.25, -0.2) is 0 Å². The molecule has 0 bridgehead atoms. The van der Waals surface area contributed by atoms with Crippen LogP contribution in [0.3, 0.4) is 0 Å². The van der Waals surface area contributed by atoms with Crippen LogP contribution in [0.1, 0.15) is 5.56 Å². The van der Waals surface area contributed by atoms with Crippen molar-refractivity contribution in [1.29, 1.82) is 5.26 Å². The average Bonchev–Trinajstić information content (AvgIpc) is 2.43. The lowest BCUT2D eigenvalue weighted by molar-refractivity contribution is 0.417. The number of rotatable bonds is 3. The lowest BCUT2D eigenvalue weighted by Crippen LogP contribution is -1.99. The van der Waals surface area contributed by atoms with Gasteiger partial charge >= 0.3 is 0 Å². The van der Waals surface area contributed by atoms with Crippen molar-refractivity contribution in [1.82, 2.24) is 0 Å². The number of nitrogen functional groups attached to an aromatic ring is 1. The number of benzene rings is 2. The standard InChI is InChI=1S/C14H12ClN3O/c1-19-13-4-2-3-12(14(13)17)18-11-6-5-9(8-16)7-10(11)15/h2-7,18H,17H2,1H3. The fourth-order valence-corrected chi connectivity index (χ4v) is 1.89. The molecule has 4 nitrogen and oxygen atoms in total. The largest absolute Gasteiger partial charge is 0.495 e. The highest BCUT2D eigenvalue weighted by atomic mass is 35.5. The Bertz CT molecular complexity index is 650. The van der Waals surface area contributed by atoms with Gasteiger partial charge in [-0.1, -0.05) is 17.7 Å². The highest BCUT2D eigenvalue weighted by molar-refractivity contribution is 6.33.